The number of benzene rings is 1. The summed E-state index contributed by atoms with van der Waals surface area (Å²) in [4.78, 5) is 15.0. The fraction of sp³-hybridized carbons (Fsp3) is 0.286. The van der Waals surface area contributed by atoms with Gasteiger partial charge in [0, 0.05) is 12.8 Å². The molecule has 0 atom stereocenters. The molecule has 0 bridgehead atoms. The van der Waals surface area contributed by atoms with Gasteiger partial charge in [-0.2, -0.15) is 4.98 Å². The third-order valence-electron chi connectivity index (χ3n) is 2.65. The minimum Gasteiger partial charge on any atom is -0.361 e. The van der Waals surface area contributed by atoms with Crippen molar-refractivity contribution in [2.45, 2.75) is 19.6 Å². The van der Waals surface area contributed by atoms with Crippen molar-refractivity contribution in [1.29, 1.82) is 0 Å². The molecule has 0 unspecified atom stereocenters. The molecular formula is C14H15ClN2O2. The zero-order chi connectivity index (χ0) is 13.5. The van der Waals surface area contributed by atoms with Crippen LogP contribution in [-0.4, -0.2) is 16.2 Å². The van der Waals surface area contributed by atoms with Crippen molar-refractivity contribution in [1.82, 2.24) is 9.55 Å². The summed E-state index contributed by atoms with van der Waals surface area (Å²) >= 11 is 5.76. The molecule has 1 heterocycles. The van der Waals surface area contributed by atoms with E-state index in [-0.39, 0.29) is 12.4 Å². The Labute approximate surface area is 116 Å². The summed E-state index contributed by atoms with van der Waals surface area (Å²) in [6, 6.07) is 10.2. The highest BCUT2D eigenvalue weighted by Gasteiger charge is 1.98. The second kappa shape index (κ2) is 7.07. The van der Waals surface area contributed by atoms with E-state index in [4.69, 9.17) is 16.3 Å². The quantitative estimate of drug-likeness (QED) is 0.763. The predicted molar refractivity (Wildman–Crippen MR) is 74.2 cm³/mol. The van der Waals surface area contributed by atoms with Crippen LogP contribution in [0.5, 0.6) is 0 Å². The molecule has 0 radical (unpaired) electrons. The largest absolute Gasteiger partial charge is 0.361 e. The Bertz CT molecular complexity index is 569. The molecule has 0 saturated heterocycles. The average Bonchev–Trinajstić information content (AvgIpc) is 2.43. The molecule has 0 N–H and O–H groups in total. The molecule has 1 aromatic heterocycles. The highest BCUT2D eigenvalue weighted by molar-refractivity contribution is 6.30. The van der Waals surface area contributed by atoms with Crippen molar-refractivity contribution in [3.05, 3.63) is 63.8 Å². The lowest BCUT2D eigenvalue weighted by molar-refractivity contribution is 0.0721. The number of aromatic nitrogens is 2. The van der Waals surface area contributed by atoms with Gasteiger partial charge in [0.25, 0.3) is 0 Å². The lowest BCUT2D eigenvalue weighted by Crippen LogP contribution is -2.23. The van der Waals surface area contributed by atoms with Crippen LogP contribution in [0.25, 0.3) is 0 Å². The molecule has 0 spiro atoms. The van der Waals surface area contributed by atoms with Gasteiger partial charge in [0.1, 0.15) is 6.73 Å². The van der Waals surface area contributed by atoms with Gasteiger partial charge in [-0.25, -0.2) is 4.79 Å². The normalized spacial score (nSPS) is 10.6. The second-order valence-electron chi connectivity index (χ2n) is 4.15. The van der Waals surface area contributed by atoms with Crippen LogP contribution in [0.1, 0.15) is 12.0 Å². The molecule has 0 aliphatic rings. The number of ether oxygens (including phenoxy) is 1. The van der Waals surface area contributed by atoms with Crippen LogP contribution in [0, 0.1) is 0 Å². The van der Waals surface area contributed by atoms with Gasteiger partial charge >= 0.3 is 5.69 Å². The Morgan fingerprint density at radius 1 is 1.26 bits per heavy atom. The first-order chi connectivity index (χ1) is 9.25. The standard InChI is InChI=1S/C14H15ClN2O2/c15-13-9-16-14(18)17(10-13)11-19-8-4-7-12-5-2-1-3-6-12/h1-3,5-6,9-10H,4,7-8,11H2. The highest BCUT2D eigenvalue weighted by Crippen LogP contribution is 2.03. The van der Waals surface area contributed by atoms with Crippen LogP contribution in [0.2, 0.25) is 5.02 Å². The van der Waals surface area contributed by atoms with E-state index >= 15 is 0 Å². The lowest BCUT2D eigenvalue weighted by atomic mass is 10.1. The third kappa shape index (κ3) is 4.50. The van der Waals surface area contributed by atoms with Crippen LogP contribution in [0.4, 0.5) is 0 Å². The summed E-state index contributed by atoms with van der Waals surface area (Å²) in [5.41, 5.74) is 0.931. The van der Waals surface area contributed by atoms with E-state index in [1.54, 1.807) is 0 Å². The summed E-state index contributed by atoms with van der Waals surface area (Å²) in [6.07, 6.45) is 4.72. The highest BCUT2D eigenvalue weighted by atomic mass is 35.5. The van der Waals surface area contributed by atoms with Crippen molar-refractivity contribution in [3.63, 3.8) is 0 Å². The number of aryl methyl sites for hydroxylation is 1. The van der Waals surface area contributed by atoms with Gasteiger partial charge in [-0.3, -0.25) is 4.57 Å². The molecule has 5 heteroatoms. The maximum Gasteiger partial charge on any atom is 0.349 e. The van der Waals surface area contributed by atoms with Gasteiger partial charge in [0.2, 0.25) is 0 Å². The van der Waals surface area contributed by atoms with E-state index in [2.05, 4.69) is 17.1 Å². The fourth-order valence-electron chi connectivity index (χ4n) is 1.71. The monoisotopic (exact) mass is 278 g/mol. The molecule has 100 valence electrons. The molecule has 0 amide bonds. The minimum atomic E-state index is -0.354. The van der Waals surface area contributed by atoms with Gasteiger partial charge in [-0.05, 0) is 18.4 Å². The van der Waals surface area contributed by atoms with Crippen molar-refractivity contribution in [2.75, 3.05) is 6.61 Å². The molecule has 0 fully saturated rings. The Morgan fingerprint density at radius 3 is 2.84 bits per heavy atom. The van der Waals surface area contributed by atoms with Gasteiger partial charge in [0.15, 0.2) is 0 Å². The lowest BCUT2D eigenvalue weighted by Gasteiger charge is -2.06. The maximum absolute atomic E-state index is 11.4. The number of nitrogens with zero attached hydrogens (tertiary/aromatic N) is 2. The van der Waals surface area contributed by atoms with Gasteiger partial charge in [-0.15, -0.1) is 0 Å². The van der Waals surface area contributed by atoms with Crippen LogP contribution in [0.15, 0.2) is 47.5 Å². The van der Waals surface area contributed by atoms with Crippen molar-refractivity contribution in [2.24, 2.45) is 0 Å². The fourth-order valence-corrected chi connectivity index (χ4v) is 1.87. The molecule has 4 nitrogen and oxygen atoms in total. The molecule has 1 aromatic carbocycles. The van der Waals surface area contributed by atoms with Crippen molar-refractivity contribution < 1.29 is 4.74 Å². The summed E-state index contributed by atoms with van der Waals surface area (Å²) in [7, 11) is 0. The predicted octanol–water partition coefficient (Wildman–Crippen LogP) is 2.50. The average molecular weight is 279 g/mol. The van der Waals surface area contributed by atoms with Crippen LogP contribution in [0.3, 0.4) is 0 Å². The summed E-state index contributed by atoms with van der Waals surface area (Å²) < 4.78 is 6.79. The van der Waals surface area contributed by atoms with E-state index < -0.39 is 0 Å². The van der Waals surface area contributed by atoms with Crippen LogP contribution in [-0.2, 0) is 17.9 Å². The van der Waals surface area contributed by atoms with E-state index in [0.29, 0.717) is 11.6 Å². The molecule has 0 aliphatic carbocycles. The maximum atomic E-state index is 11.4. The van der Waals surface area contributed by atoms with Crippen LogP contribution >= 0.6 is 11.6 Å². The van der Waals surface area contributed by atoms with E-state index in [9.17, 15) is 4.79 Å². The third-order valence-corrected chi connectivity index (χ3v) is 2.85. The number of rotatable bonds is 6. The van der Waals surface area contributed by atoms with E-state index in [1.165, 1.54) is 22.5 Å². The first kappa shape index (κ1) is 13.8. The Kier molecular flexibility index (Phi) is 5.12. The first-order valence-electron chi connectivity index (χ1n) is 6.09. The molecule has 2 rings (SSSR count). The SMILES string of the molecule is O=c1ncc(Cl)cn1COCCCc1ccccc1. The smallest absolute Gasteiger partial charge is 0.349 e. The zero-order valence-corrected chi connectivity index (χ0v) is 11.2. The minimum absolute atomic E-state index is 0.182. The first-order valence-corrected chi connectivity index (χ1v) is 6.47. The molecule has 19 heavy (non-hydrogen) atoms. The van der Waals surface area contributed by atoms with Crippen LogP contribution < -0.4 is 5.69 Å². The van der Waals surface area contributed by atoms with Crippen molar-refractivity contribution in [3.8, 4) is 0 Å². The Hall–Kier alpha value is -1.65. The molecular weight excluding hydrogens is 264 g/mol. The summed E-state index contributed by atoms with van der Waals surface area (Å²) in [5, 5.41) is 0.424. The number of hydrogen-bond donors (Lipinski definition) is 0. The number of hydrogen-bond acceptors (Lipinski definition) is 3. The van der Waals surface area contributed by atoms with Gasteiger partial charge in [0.05, 0.1) is 11.2 Å². The number of halogens is 1. The Balaban J connectivity index is 1.72. The molecule has 2 aromatic rings. The molecule has 0 aliphatic heterocycles. The van der Waals surface area contributed by atoms with Gasteiger partial charge < -0.3 is 4.74 Å². The second-order valence-corrected chi connectivity index (χ2v) is 4.59. The zero-order valence-electron chi connectivity index (χ0n) is 10.5. The van der Waals surface area contributed by atoms with Crippen molar-refractivity contribution >= 4 is 11.6 Å². The van der Waals surface area contributed by atoms with E-state index in [0.717, 1.165) is 12.8 Å². The molecule has 0 saturated carbocycles. The topological polar surface area (TPSA) is 44.1 Å². The summed E-state index contributed by atoms with van der Waals surface area (Å²) in [6.45, 7) is 0.773. The summed E-state index contributed by atoms with van der Waals surface area (Å²) in [5.74, 6) is 0. The Morgan fingerprint density at radius 2 is 2.05 bits per heavy atom. The van der Waals surface area contributed by atoms with Gasteiger partial charge in [-0.1, -0.05) is 41.9 Å². The van der Waals surface area contributed by atoms with E-state index in [1.807, 2.05) is 18.2 Å².